The Kier molecular flexibility index (Phi) is 6.40. The molecule has 1 unspecified atom stereocenters. The molecule has 1 atom stereocenters. The van der Waals surface area contributed by atoms with Crippen LogP contribution in [0.3, 0.4) is 0 Å². The zero-order valence-electron chi connectivity index (χ0n) is 14.0. The number of nitrogens with one attached hydrogen (secondary N) is 2. The van der Waals surface area contributed by atoms with E-state index in [1.54, 1.807) is 37.3 Å². The Morgan fingerprint density at radius 2 is 1.92 bits per heavy atom. The van der Waals surface area contributed by atoms with Gasteiger partial charge in [0.2, 0.25) is 0 Å². The lowest BCUT2D eigenvalue weighted by molar-refractivity contribution is -0.142. The molecule has 0 bridgehead atoms. The highest BCUT2D eigenvalue weighted by molar-refractivity contribution is 9.10. The molecule has 0 aliphatic carbocycles. The summed E-state index contributed by atoms with van der Waals surface area (Å²) in [5.41, 5.74) is 0.715. The zero-order chi connectivity index (χ0) is 19.3. The molecule has 0 aliphatic heterocycles. The molecular weight excluding hydrogens is 408 g/mol. The molecule has 0 radical (unpaired) electrons. The van der Waals surface area contributed by atoms with Crippen LogP contribution in [0.1, 0.15) is 27.8 Å². The third kappa shape index (κ3) is 4.42. The van der Waals surface area contributed by atoms with Crippen molar-refractivity contribution in [1.82, 2.24) is 10.3 Å². The van der Waals surface area contributed by atoms with Gasteiger partial charge in [-0.05, 0) is 40.5 Å². The average molecular weight is 425 g/mol. The number of rotatable bonds is 7. The van der Waals surface area contributed by atoms with Crippen molar-refractivity contribution in [3.05, 3.63) is 51.8 Å². The van der Waals surface area contributed by atoms with Crippen molar-refractivity contribution in [2.24, 2.45) is 0 Å². The number of benzene rings is 1. The molecule has 2 aromatic rings. The van der Waals surface area contributed by atoms with Crippen LogP contribution >= 0.6 is 15.9 Å². The monoisotopic (exact) mass is 424 g/mol. The summed E-state index contributed by atoms with van der Waals surface area (Å²) in [6.45, 7) is 1.27. The van der Waals surface area contributed by atoms with Crippen LogP contribution in [0.5, 0.6) is 5.75 Å². The van der Waals surface area contributed by atoms with Crippen LogP contribution in [0.2, 0.25) is 0 Å². The second kappa shape index (κ2) is 8.52. The summed E-state index contributed by atoms with van der Waals surface area (Å²) in [4.78, 5) is 38.1. The molecule has 138 valence electrons. The zero-order valence-corrected chi connectivity index (χ0v) is 15.6. The fourth-order valence-corrected chi connectivity index (χ4v) is 2.75. The van der Waals surface area contributed by atoms with Gasteiger partial charge in [0.1, 0.15) is 11.4 Å². The molecule has 1 heterocycles. The maximum Gasteiger partial charge on any atom is 0.354 e. The predicted octanol–water partition coefficient (Wildman–Crippen LogP) is 2.19. The van der Waals surface area contributed by atoms with Gasteiger partial charge in [-0.25, -0.2) is 9.59 Å². The first-order valence-electron chi connectivity index (χ1n) is 7.51. The predicted molar refractivity (Wildman–Crippen MR) is 95.0 cm³/mol. The second-order valence-corrected chi connectivity index (χ2v) is 6.08. The highest BCUT2D eigenvalue weighted by Crippen LogP contribution is 2.29. The van der Waals surface area contributed by atoms with Gasteiger partial charge in [0.15, 0.2) is 12.6 Å². The number of ether oxygens (including phenoxy) is 2. The number of para-hydroxylation sites is 1. The van der Waals surface area contributed by atoms with Gasteiger partial charge in [0.25, 0.3) is 5.91 Å². The van der Waals surface area contributed by atoms with E-state index in [2.05, 4.69) is 31.0 Å². The van der Waals surface area contributed by atoms with Crippen molar-refractivity contribution >= 4 is 33.8 Å². The minimum Gasteiger partial charge on any atom is -0.484 e. The lowest BCUT2D eigenvalue weighted by atomic mass is 10.2. The maximum atomic E-state index is 12.1. The van der Waals surface area contributed by atoms with Crippen LogP contribution in [0.4, 0.5) is 0 Å². The van der Waals surface area contributed by atoms with Gasteiger partial charge in [-0.3, -0.25) is 4.79 Å². The number of carbonyl (C=O) groups excluding carboxylic acids is 2. The minimum absolute atomic E-state index is 0.107. The van der Waals surface area contributed by atoms with E-state index in [1.165, 1.54) is 7.11 Å². The summed E-state index contributed by atoms with van der Waals surface area (Å²) in [5.74, 6) is -2.08. The molecule has 1 aromatic carbocycles. The molecule has 9 heteroatoms. The Labute approximate surface area is 157 Å². The van der Waals surface area contributed by atoms with E-state index in [1.807, 2.05) is 0 Å². The Morgan fingerprint density at radius 3 is 2.50 bits per heavy atom. The largest absolute Gasteiger partial charge is 0.484 e. The van der Waals surface area contributed by atoms with Crippen molar-refractivity contribution in [2.45, 2.75) is 13.0 Å². The van der Waals surface area contributed by atoms with Crippen LogP contribution in [-0.2, 0) is 14.3 Å². The number of amides is 1. The van der Waals surface area contributed by atoms with Gasteiger partial charge in [-0.1, -0.05) is 18.2 Å². The molecule has 8 nitrogen and oxygen atoms in total. The summed E-state index contributed by atoms with van der Waals surface area (Å²) < 4.78 is 10.3. The average Bonchev–Trinajstić information content (AvgIpc) is 2.93. The molecule has 1 aromatic heterocycles. The topological polar surface area (TPSA) is 118 Å². The normalized spacial score (nSPS) is 11.5. The molecule has 26 heavy (non-hydrogen) atoms. The number of methoxy groups -OCH3 is 1. The Morgan fingerprint density at radius 1 is 1.27 bits per heavy atom. The van der Waals surface area contributed by atoms with Crippen molar-refractivity contribution < 1.29 is 29.0 Å². The highest BCUT2D eigenvalue weighted by atomic mass is 79.9. The number of H-pyrrole nitrogens is 1. The third-order valence-corrected chi connectivity index (χ3v) is 4.57. The quantitative estimate of drug-likeness (QED) is 0.586. The van der Waals surface area contributed by atoms with Gasteiger partial charge >= 0.3 is 11.9 Å². The van der Waals surface area contributed by atoms with Crippen molar-refractivity contribution in [2.75, 3.05) is 13.7 Å². The second-order valence-electron chi connectivity index (χ2n) is 5.28. The first-order valence-corrected chi connectivity index (χ1v) is 8.30. The van der Waals surface area contributed by atoms with Crippen LogP contribution in [0, 0.1) is 6.92 Å². The van der Waals surface area contributed by atoms with E-state index in [-0.39, 0.29) is 18.0 Å². The highest BCUT2D eigenvalue weighted by Gasteiger charge is 2.29. The van der Waals surface area contributed by atoms with Crippen molar-refractivity contribution in [3.8, 4) is 5.75 Å². The van der Waals surface area contributed by atoms with E-state index in [0.29, 0.717) is 15.8 Å². The molecule has 3 N–H and O–H groups in total. The van der Waals surface area contributed by atoms with E-state index in [9.17, 15) is 19.5 Å². The number of aromatic amines is 1. The van der Waals surface area contributed by atoms with Gasteiger partial charge in [0.05, 0.1) is 12.8 Å². The lowest BCUT2D eigenvalue weighted by Crippen LogP contribution is -2.37. The first kappa shape index (κ1) is 19.5. The van der Waals surface area contributed by atoms with E-state index >= 15 is 0 Å². The molecule has 0 fully saturated rings. The third-order valence-electron chi connectivity index (χ3n) is 3.54. The van der Waals surface area contributed by atoms with Crippen LogP contribution in [0.25, 0.3) is 0 Å². The summed E-state index contributed by atoms with van der Waals surface area (Å²) in [6.07, 6.45) is 0. The number of carbonyl (C=O) groups is 3. The number of carboxylic acids is 1. The first-order chi connectivity index (χ1) is 12.3. The van der Waals surface area contributed by atoms with Crippen molar-refractivity contribution in [3.63, 3.8) is 0 Å². The maximum absolute atomic E-state index is 12.1. The molecule has 2 rings (SSSR count). The van der Waals surface area contributed by atoms with Crippen LogP contribution in [-0.4, -0.2) is 41.7 Å². The molecule has 0 aliphatic rings. The molecular formula is C17H17BrN2O6. The van der Waals surface area contributed by atoms with Gasteiger partial charge in [0, 0.05) is 4.47 Å². The standard InChI is InChI=1S/C17H17BrN2O6/c1-9-12(18)14(20-13(9)17(24)25-2)15(16(22)23)19-11(21)8-26-10-6-4-3-5-7-10/h3-7,15,20H,8H2,1-2H3,(H,19,21)(H,22,23). The fourth-order valence-electron chi connectivity index (χ4n) is 2.23. The van der Waals surface area contributed by atoms with Gasteiger partial charge in [-0.15, -0.1) is 0 Å². The molecule has 0 saturated carbocycles. The Bertz CT molecular complexity index is 818. The van der Waals surface area contributed by atoms with Crippen molar-refractivity contribution in [1.29, 1.82) is 0 Å². The Balaban J connectivity index is 2.15. The Hall–Kier alpha value is -2.81. The molecule has 1 amide bonds. The SMILES string of the molecule is COC(=O)c1[nH]c(C(NC(=O)COc2ccccc2)C(=O)O)c(Br)c1C. The molecule has 0 spiro atoms. The lowest BCUT2D eigenvalue weighted by Gasteiger charge is -2.14. The summed E-state index contributed by atoms with van der Waals surface area (Å²) >= 11 is 3.25. The van der Waals surface area contributed by atoms with Crippen LogP contribution < -0.4 is 10.1 Å². The number of esters is 1. The number of carboxylic acid groups (broad SMARTS) is 1. The van der Waals surface area contributed by atoms with Gasteiger partial charge in [-0.2, -0.15) is 0 Å². The number of aliphatic carboxylic acids is 1. The summed E-state index contributed by atoms with van der Waals surface area (Å²) in [6, 6.07) is 7.26. The summed E-state index contributed by atoms with van der Waals surface area (Å²) in [7, 11) is 1.22. The summed E-state index contributed by atoms with van der Waals surface area (Å²) in [5, 5.41) is 11.8. The van der Waals surface area contributed by atoms with E-state index in [4.69, 9.17) is 4.74 Å². The van der Waals surface area contributed by atoms with Crippen LogP contribution in [0.15, 0.2) is 34.8 Å². The number of hydrogen-bond acceptors (Lipinski definition) is 5. The minimum atomic E-state index is -1.40. The smallest absolute Gasteiger partial charge is 0.354 e. The fraction of sp³-hybridized carbons (Fsp3) is 0.235. The number of hydrogen-bond donors (Lipinski definition) is 3. The van der Waals surface area contributed by atoms with E-state index < -0.39 is 23.9 Å². The number of aromatic nitrogens is 1. The molecule has 0 saturated heterocycles. The van der Waals surface area contributed by atoms with Gasteiger partial charge < -0.3 is 24.9 Å². The number of halogens is 1. The van der Waals surface area contributed by atoms with E-state index in [0.717, 1.165) is 0 Å².